The molecular weight excluding hydrogens is 297 g/mol. The molecule has 0 aliphatic heterocycles. The molecule has 0 saturated heterocycles. The Kier molecular flexibility index (Phi) is 7.68. The largest absolute Gasteiger partial charge is 0.467 e. The molecule has 1 atom stereocenters. The highest BCUT2D eigenvalue weighted by molar-refractivity contribution is 7.45. The third-order valence-corrected chi connectivity index (χ3v) is 3.27. The number of rotatable bonds is 7. The molecule has 3 N–H and O–H groups in total. The summed E-state index contributed by atoms with van der Waals surface area (Å²) in [6.45, 7) is 0.0767. The van der Waals surface area contributed by atoms with Gasteiger partial charge in [0.2, 0.25) is 0 Å². The molecule has 1 unspecified atom stereocenters. The second-order valence-electron chi connectivity index (χ2n) is 4.17. The summed E-state index contributed by atoms with van der Waals surface area (Å²) in [6, 6.07) is 8.12. The molecule has 0 spiro atoms. The molecule has 0 aromatic heterocycles. The van der Waals surface area contributed by atoms with Crippen LogP contribution < -0.4 is 5.32 Å². The number of nitrogens with one attached hydrogen (secondary N) is 1. The van der Waals surface area contributed by atoms with Crippen molar-refractivity contribution in [2.24, 2.45) is 0 Å². The lowest BCUT2D eigenvalue weighted by Gasteiger charge is -2.16. The van der Waals surface area contributed by atoms with Crippen LogP contribution in [0.25, 0.3) is 0 Å². The lowest BCUT2D eigenvalue weighted by molar-refractivity contribution is -0.143. The van der Waals surface area contributed by atoms with E-state index >= 15 is 0 Å². The Labute approximate surface area is 123 Å². The van der Waals surface area contributed by atoms with Crippen molar-refractivity contribution < 1.29 is 28.8 Å². The van der Waals surface area contributed by atoms with Crippen molar-refractivity contribution in [3.63, 3.8) is 0 Å². The van der Waals surface area contributed by atoms with Crippen LogP contribution in [0.3, 0.4) is 0 Å². The molecule has 0 saturated carbocycles. The van der Waals surface area contributed by atoms with E-state index in [-0.39, 0.29) is 19.2 Å². The Morgan fingerprint density at radius 1 is 1.29 bits per heavy atom. The topological polar surface area (TPSA) is 105 Å². The normalized spacial score (nSPS) is 11.8. The molecule has 0 fully saturated rings. The number of hydrogen-bond donors (Lipinski definition) is 3. The number of amides is 1. The van der Waals surface area contributed by atoms with Gasteiger partial charge in [-0.3, -0.25) is 0 Å². The number of methoxy groups -OCH3 is 1. The number of carbonyl (C=O) groups is 2. The summed E-state index contributed by atoms with van der Waals surface area (Å²) in [6.07, 6.45) is -0.714. The van der Waals surface area contributed by atoms with Crippen molar-refractivity contribution in [2.45, 2.75) is 19.1 Å². The lowest BCUT2D eigenvalue weighted by Crippen LogP contribution is -2.42. The van der Waals surface area contributed by atoms with Crippen LogP contribution in [-0.4, -0.2) is 41.2 Å². The minimum atomic E-state index is -2.13. The monoisotopic (exact) mass is 315 g/mol. The lowest BCUT2D eigenvalue weighted by atomic mass is 10.2. The molecule has 0 radical (unpaired) electrons. The van der Waals surface area contributed by atoms with Crippen LogP contribution in [0.4, 0.5) is 4.79 Å². The zero-order chi connectivity index (χ0) is 15.7. The summed E-state index contributed by atoms with van der Waals surface area (Å²) >= 11 is 0. The number of hydrogen-bond acceptors (Lipinski definition) is 6. The standard InChI is InChI=1S/C13H18NO6P/c1-19-12(15)11(7-8-21(17)18)14-13(16)20-9-10-5-3-2-4-6-10/h2-6,11,17-18H,7-9H2,1H3,(H,14,16). The second kappa shape index (κ2) is 9.28. The highest BCUT2D eigenvalue weighted by Crippen LogP contribution is 2.24. The molecule has 0 heterocycles. The van der Waals surface area contributed by atoms with Gasteiger partial charge in [0.05, 0.1) is 7.11 Å². The Balaban J connectivity index is 2.45. The summed E-state index contributed by atoms with van der Waals surface area (Å²) in [4.78, 5) is 40.8. The predicted octanol–water partition coefficient (Wildman–Crippen LogP) is 1.14. The third kappa shape index (κ3) is 7.04. The maximum absolute atomic E-state index is 11.6. The van der Waals surface area contributed by atoms with Crippen molar-refractivity contribution in [1.82, 2.24) is 5.32 Å². The van der Waals surface area contributed by atoms with E-state index in [1.165, 1.54) is 7.11 Å². The molecule has 1 rings (SSSR count). The highest BCUT2D eigenvalue weighted by Gasteiger charge is 2.23. The van der Waals surface area contributed by atoms with Crippen LogP contribution in [0.2, 0.25) is 0 Å². The van der Waals surface area contributed by atoms with Crippen molar-refractivity contribution in [3.8, 4) is 0 Å². The number of ether oxygens (including phenoxy) is 2. The zero-order valence-electron chi connectivity index (χ0n) is 11.6. The van der Waals surface area contributed by atoms with Gasteiger partial charge in [0, 0.05) is 6.16 Å². The van der Waals surface area contributed by atoms with Gasteiger partial charge in [-0.1, -0.05) is 30.3 Å². The molecule has 116 valence electrons. The Bertz CT molecular complexity index is 453. The van der Waals surface area contributed by atoms with Gasteiger partial charge in [-0.2, -0.15) is 0 Å². The Morgan fingerprint density at radius 3 is 2.52 bits per heavy atom. The van der Waals surface area contributed by atoms with Crippen molar-refractivity contribution in [3.05, 3.63) is 35.9 Å². The van der Waals surface area contributed by atoms with Gasteiger partial charge >= 0.3 is 12.1 Å². The van der Waals surface area contributed by atoms with Crippen molar-refractivity contribution in [2.75, 3.05) is 13.3 Å². The molecular formula is C13H18NO6P. The average molecular weight is 315 g/mol. The fourth-order valence-electron chi connectivity index (χ4n) is 1.54. The quantitative estimate of drug-likeness (QED) is 0.515. The third-order valence-electron chi connectivity index (χ3n) is 2.61. The summed E-state index contributed by atoms with van der Waals surface area (Å²) in [5.74, 6) is -0.663. The summed E-state index contributed by atoms with van der Waals surface area (Å²) in [5.41, 5.74) is 0.816. The summed E-state index contributed by atoms with van der Waals surface area (Å²) < 4.78 is 9.53. The highest BCUT2D eigenvalue weighted by atomic mass is 31.2. The van der Waals surface area contributed by atoms with Crippen molar-refractivity contribution >= 4 is 20.4 Å². The number of alkyl carbamates (subject to hydrolysis) is 1. The molecule has 0 bridgehead atoms. The van der Waals surface area contributed by atoms with E-state index < -0.39 is 26.5 Å². The first-order valence-electron chi connectivity index (χ1n) is 6.23. The summed E-state index contributed by atoms with van der Waals surface area (Å²) in [7, 11) is -0.944. The first-order valence-corrected chi connectivity index (χ1v) is 7.66. The predicted molar refractivity (Wildman–Crippen MR) is 76.4 cm³/mol. The molecule has 1 amide bonds. The van der Waals surface area contributed by atoms with Gasteiger partial charge in [-0.05, 0) is 12.0 Å². The fraction of sp³-hybridized carbons (Fsp3) is 0.385. The Morgan fingerprint density at radius 2 is 1.95 bits per heavy atom. The molecule has 8 heteroatoms. The molecule has 0 aliphatic carbocycles. The second-order valence-corrected chi connectivity index (χ2v) is 5.36. The first-order chi connectivity index (χ1) is 10.0. The number of carbonyl (C=O) groups excluding carboxylic acids is 2. The van der Waals surface area contributed by atoms with Crippen LogP contribution in [0, 0.1) is 0 Å². The summed E-state index contributed by atoms with van der Waals surface area (Å²) in [5, 5.41) is 2.35. The van der Waals surface area contributed by atoms with E-state index in [0.717, 1.165) is 5.56 Å². The molecule has 21 heavy (non-hydrogen) atoms. The minimum Gasteiger partial charge on any atom is -0.467 e. The van der Waals surface area contributed by atoms with Crippen LogP contribution in [-0.2, 0) is 20.9 Å². The maximum Gasteiger partial charge on any atom is 0.408 e. The fourth-order valence-corrected chi connectivity index (χ4v) is 2.03. The average Bonchev–Trinajstić information content (AvgIpc) is 2.49. The molecule has 1 aromatic carbocycles. The van der Waals surface area contributed by atoms with Crippen molar-refractivity contribution in [1.29, 1.82) is 0 Å². The van der Waals surface area contributed by atoms with Gasteiger partial charge in [0.1, 0.15) is 12.6 Å². The molecule has 1 aromatic rings. The van der Waals surface area contributed by atoms with E-state index in [0.29, 0.717) is 0 Å². The number of esters is 1. The van der Waals surface area contributed by atoms with E-state index in [1.807, 2.05) is 18.2 Å². The molecule has 7 nitrogen and oxygen atoms in total. The van der Waals surface area contributed by atoms with E-state index in [9.17, 15) is 9.59 Å². The smallest absolute Gasteiger partial charge is 0.408 e. The SMILES string of the molecule is COC(=O)C(CCP(O)O)NC(=O)OCc1ccccc1. The van der Waals surface area contributed by atoms with Gasteiger partial charge in [-0.25, -0.2) is 9.59 Å². The van der Waals surface area contributed by atoms with Crippen LogP contribution >= 0.6 is 8.38 Å². The van der Waals surface area contributed by atoms with Crippen LogP contribution in [0.1, 0.15) is 12.0 Å². The van der Waals surface area contributed by atoms with Gasteiger partial charge in [0.25, 0.3) is 0 Å². The zero-order valence-corrected chi connectivity index (χ0v) is 12.5. The van der Waals surface area contributed by atoms with Gasteiger partial charge < -0.3 is 24.6 Å². The maximum atomic E-state index is 11.6. The number of benzene rings is 1. The van der Waals surface area contributed by atoms with Gasteiger partial charge in [0.15, 0.2) is 8.38 Å². The molecule has 0 aliphatic rings. The van der Waals surface area contributed by atoms with E-state index in [4.69, 9.17) is 14.5 Å². The minimum absolute atomic E-state index is 0.00589. The van der Waals surface area contributed by atoms with Crippen LogP contribution in [0.15, 0.2) is 30.3 Å². The Hall–Kier alpha value is -1.69. The van der Waals surface area contributed by atoms with Crippen LogP contribution in [0.5, 0.6) is 0 Å². The first kappa shape index (κ1) is 17.4. The van der Waals surface area contributed by atoms with E-state index in [2.05, 4.69) is 10.1 Å². The van der Waals surface area contributed by atoms with E-state index in [1.54, 1.807) is 12.1 Å². The van der Waals surface area contributed by atoms with Gasteiger partial charge in [-0.15, -0.1) is 0 Å².